The summed E-state index contributed by atoms with van der Waals surface area (Å²) in [6.07, 6.45) is 5.72. The largest absolute Gasteiger partial charge is 0.461 e. The Balaban J connectivity index is 1.87. The molecule has 3 nitrogen and oxygen atoms in total. The molecule has 0 radical (unpaired) electrons. The van der Waals surface area contributed by atoms with Crippen LogP contribution in [0.4, 0.5) is 0 Å². The summed E-state index contributed by atoms with van der Waals surface area (Å²) in [4.78, 5) is 24.1. The molecule has 1 heterocycles. The molecule has 1 saturated heterocycles. The molecular weight excluding hydrogens is 228 g/mol. The summed E-state index contributed by atoms with van der Waals surface area (Å²) in [5.74, 6) is 0.428. The average molecular weight is 246 g/mol. The zero-order valence-corrected chi connectivity index (χ0v) is 11.0. The number of ether oxygens (including phenoxy) is 1. The Morgan fingerprint density at radius 2 is 2.06 bits per heavy atom. The van der Waals surface area contributed by atoms with E-state index in [2.05, 4.69) is 19.9 Å². The van der Waals surface area contributed by atoms with Crippen molar-refractivity contribution in [3.05, 3.63) is 12.2 Å². The Labute approximate surface area is 107 Å². The second-order valence-corrected chi connectivity index (χ2v) is 6.87. The maximum atomic E-state index is 12.2. The van der Waals surface area contributed by atoms with Crippen LogP contribution >= 0.6 is 0 Å². The first-order valence-electron chi connectivity index (χ1n) is 6.84. The van der Waals surface area contributed by atoms with Crippen molar-refractivity contribution in [1.82, 2.24) is 0 Å². The monoisotopic (exact) mass is 246 g/mol. The normalized spacial score (nSPS) is 60.1. The van der Waals surface area contributed by atoms with Gasteiger partial charge in [-0.3, -0.25) is 9.59 Å². The van der Waals surface area contributed by atoms with Gasteiger partial charge < -0.3 is 4.74 Å². The minimum absolute atomic E-state index is 0.00264. The standard InChI is InChI=1S/C15H18O3/c1-8-9-4-6-13(2)14(3)10(16)5-7-15(13,14)11(9)18-12(8)17/h5,7-9,11H,4,6H2,1-3H3/t8-,9+,11-,13-,14-,15-/m1/s1. The third kappa shape index (κ3) is 0.703. The molecule has 0 amide bonds. The molecule has 1 spiro atoms. The smallest absolute Gasteiger partial charge is 0.309 e. The Hall–Kier alpha value is -1.12. The number of allylic oxidation sites excluding steroid dienone is 1. The van der Waals surface area contributed by atoms with Gasteiger partial charge in [0.15, 0.2) is 5.78 Å². The van der Waals surface area contributed by atoms with Gasteiger partial charge in [-0.15, -0.1) is 0 Å². The average Bonchev–Trinajstić information content (AvgIpc) is 2.56. The number of carbonyl (C=O) groups is 2. The van der Waals surface area contributed by atoms with Gasteiger partial charge in [-0.2, -0.15) is 0 Å². The van der Waals surface area contributed by atoms with E-state index in [4.69, 9.17) is 4.74 Å². The molecule has 18 heavy (non-hydrogen) atoms. The lowest BCUT2D eigenvalue weighted by atomic mass is 9.70. The number of ketones is 1. The lowest BCUT2D eigenvalue weighted by molar-refractivity contribution is -0.146. The number of esters is 1. The second kappa shape index (κ2) is 2.59. The molecule has 0 aromatic heterocycles. The molecule has 3 fully saturated rings. The van der Waals surface area contributed by atoms with Crippen LogP contribution in [0.5, 0.6) is 0 Å². The Kier molecular flexibility index (Phi) is 1.55. The minimum Gasteiger partial charge on any atom is -0.461 e. The van der Waals surface area contributed by atoms with Crippen molar-refractivity contribution in [2.45, 2.75) is 39.7 Å². The van der Waals surface area contributed by atoms with Gasteiger partial charge >= 0.3 is 5.97 Å². The van der Waals surface area contributed by atoms with E-state index in [-0.39, 0.29) is 40.0 Å². The molecule has 6 atom stereocenters. The van der Waals surface area contributed by atoms with E-state index in [1.165, 1.54) is 0 Å². The minimum atomic E-state index is -0.330. The molecule has 0 bridgehead atoms. The first-order valence-corrected chi connectivity index (χ1v) is 6.84. The fourth-order valence-corrected chi connectivity index (χ4v) is 5.45. The van der Waals surface area contributed by atoms with E-state index in [9.17, 15) is 9.59 Å². The predicted octanol–water partition coefficient (Wildman–Crippen LogP) is 2.11. The van der Waals surface area contributed by atoms with Crippen molar-refractivity contribution >= 4 is 11.8 Å². The van der Waals surface area contributed by atoms with E-state index in [0.29, 0.717) is 5.92 Å². The van der Waals surface area contributed by atoms with E-state index >= 15 is 0 Å². The molecule has 0 aromatic rings. The van der Waals surface area contributed by atoms with Gasteiger partial charge in [0.1, 0.15) is 6.10 Å². The number of hydrogen-bond acceptors (Lipinski definition) is 3. The molecule has 4 rings (SSSR count). The summed E-state index contributed by atoms with van der Waals surface area (Å²) in [7, 11) is 0. The number of hydrogen-bond donors (Lipinski definition) is 0. The van der Waals surface area contributed by atoms with Crippen LogP contribution in [0.1, 0.15) is 33.6 Å². The molecular formula is C15H18O3. The van der Waals surface area contributed by atoms with Gasteiger partial charge in [0.25, 0.3) is 0 Å². The van der Waals surface area contributed by atoms with Gasteiger partial charge in [0.05, 0.1) is 5.92 Å². The third-order valence-corrected chi connectivity index (χ3v) is 6.84. The quantitative estimate of drug-likeness (QED) is 0.615. The lowest BCUT2D eigenvalue weighted by Crippen LogP contribution is -2.36. The molecule has 0 unspecified atom stereocenters. The number of rotatable bonds is 0. The van der Waals surface area contributed by atoms with E-state index in [1.54, 1.807) is 6.08 Å². The van der Waals surface area contributed by atoms with Gasteiger partial charge in [-0.1, -0.05) is 26.8 Å². The Morgan fingerprint density at radius 3 is 2.78 bits per heavy atom. The Bertz CT molecular complexity index is 522. The SMILES string of the molecule is C[C@H]1C(=O)O[C@@H]2[C@H]1CC[C@]1(C)[C@@]3(C)C(=O)C=C[C@@]213. The summed E-state index contributed by atoms with van der Waals surface area (Å²) in [6, 6.07) is 0. The van der Waals surface area contributed by atoms with Gasteiger partial charge in [0, 0.05) is 16.7 Å². The van der Waals surface area contributed by atoms with Crippen molar-refractivity contribution in [3.8, 4) is 0 Å². The van der Waals surface area contributed by atoms with Crippen molar-refractivity contribution < 1.29 is 14.3 Å². The van der Waals surface area contributed by atoms with Crippen molar-refractivity contribution in [2.75, 3.05) is 0 Å². The van der Waals surface area contributed by atoms with Crippen LogP contribution in [0.25, 0.3) is 0 Å². The topological polar surface area (TPSA) is 43.4 Å². The lowest BCUT2D eigenvalue weighted by Gasteiger charge is -2.34. The molecule has 96 valence electrons. The zero-order chi connectivity index (χ0) is 12.9. The van der Waals surface area contributed by atoms with E-state index in [1.807, 2.05) is 6.92 Å². The summed E-state index contributed by atoms with van der Waals surface area (Å²) in [5.41, 5.74) is -0.540. The first kappa shape index (κ1) is 10.8. The van der Waals surface area contributed by atoms with Crippen molar-refractivity contribution in [1.29, 1.82) is 0 Å². The predicted molar refractivity (Wildman–Crippen MR) is 64.6 cm³/mol. The molecule has 2 saturated carbocycles. The second-order valence-electron chi connectivity index (χ2n) is 6.87. The highest BCUT2D eigenvalue weighted by Crippen LogP contribution is 2.87. The molecule has 0 N–H and O–H groups in total. The van der Waals surface area contributed by atoms with E-state index in [0.717, 1.165) is 12.8 Å². The van der Waals surface area contributed by atoms with E-state index < -0.39 is 0 Å². The first-order chi connectivity index (χ1) is 8.40. The maximum Gasteiger partial charge on any atom is 0.309 e. The van der Waals surface area contributed by atoms with Crippen LogP contribution in [-0.2, 0) is 14.3 Å². The zero-order valence-electron chi connectivity index (χ0n) is 11.0. The number of fused-ring (bicyclic) bond motifs is 2. The molecule has 1 aliphatic heterocycles. The van der Waals surface area contributed by atoms with Crippen molar-refractivity contribution in [2.24, 2.45) is 28.1 Å². The van der Waals surface area contributed by atoms with Crippen LogP contribution in [0.3, 0.4) is 0 Å². The van der Waals surface area contributed by atoms with Crippen LogP contribution in [0, 0.1) is 28.1 Å². The summed E-state index contributed by atoms with van der Waals surface area (Å²) >= 11 is 0. The third-order valence-electron chi connectivity index (χ3n) is 6.84. The summed E-state index contributed by atoms with van der Waals surface area (Å²) < 4.78 is 5.67. The molecule has 3 aliphatic carbocycles. The summed E-state index contributed by atoms with van der Waals surface area (Å²) in [6.45, 7) is 6.22. The van der Waals surface area contributed by atoms with Gasteiger partial charge in [-0.05, 0) is 24.3 Å². The highest BCUT2D eigenvalue weighted by molar-refractivity contribution is 6.04. The number of carbonyl (C=O) groups excluding carboxylic acids is 2. The molecule has 4 aliphatic rings. The molecule has 3 heteroatoms. The van der Waals surface area contributed by atoms with Crippen LogP contribution in [0.2, 0.25) is 0 Å². The fourth-order valence-electron chi connectivity index (χ4n) is 5.45. The van der Waals surface area contributed by atoms with Crippen molar-refractivity contribution in [3.63, 3.8) is 0 Å². The highest BCUT2D eigenvalue weighted by atomic mass is 16.6. The summed E-state index contributed by atoms with van der Waals surface area (Å²) in [5, 5.41) is 0. The highest BCUT2D eigenvalue weighted by Gasteiger charge is 2.90. The van der Waals surface area contributed by atoms with Gasteiger partial charge in [-0.25, -0.2) is 0 Å². The Morgan fingerprint density at radius 1 is 1.33 bits per heavy atom. The van der Waals surface area contributed by atoms with Crippen LogP contribution < -0.4 is 0 Å². The fraction of sp³-hybridized carbons (Fsp3) is 0.733. The van der Waals surface area contributed by atoms with Gasteiger partial charge in [0.2, 0.25) is 0 Å². The van der Waals surface area contributed by atoms with Crippen LogP contribution in [0.15, 0.2) is 12.2 Å². The molecule has 0 aromatic carbocycles. The van der Waals surface area contributed by atoms with Crippen LogP contribution in [-0.4, -0.2) is 17.9 Å². The maximum absolute atomic E-state index is 12.2.